The first-order valence-corrected chi connectivity index (χ1v) is 6.45. The second kappa shape index (κ2) is 5.88. The van der Waals surface area contributed by atoms with Crippen molar-refractivity contribution < 1.29 is 14.0 Å². The molecule has 0 spiro atoms. The molecule has 6 nitrogen and oxygen atoms in total. The third-order valence-corrected chi connectivity index (χ3v) is 3.13. The van der Waals surface area contributed by atoms with Gasteiger partial charge < -0.3 is 20.0 Å². The highest BCUT2D eigenvalue weighted by atomic mass is 16.3. The second-order valence-corrected chi connectivity index (χ2v) is 4.69. The quantitative estimate of drug-likeness (QED) is 0.749. The lowest BCUT2D eigenvalue weighted by atomic mass is 10.2. The lowest BCUT2D eigenvalue weighted by Gasteiger charge is -2.27. The topological polar surface area (TPSA) is 74.6 Å². The third kappa shape index (κ3) is 3.35. The molecule has 2 N–H and O–H groups in total. The zero-order valence-electron chi connectivity index (χ0n) is 11.2. The maximum atomic E-state index is 11.9. The maximum Gasteiger partial charge on any atom is 0.311 e. The summed E-state index contributed by atoms with van der Waals surface area (Å²) < 4.78 is 5.42. The van der Waals surface area contributed by atoms with Gasteiger partial charge in [0.25, 0.3) is 0 Å². The molecule has 0 aromatic carbocycles. The summed E-state index contributed by atoms with van der Waals surface area (Å²) in [6.45, 7) is 6.23. The van der Waals surface area contributed by atoms with Crippen LogP contribution in [0, 0.1) is 6.92 Å². The van der Waals surface area contributed by atoms with E-state index in [4.69, 9.17) is 4.42 Å². The summed E-state index contributed by atoms with van der Waals surface area (Å²) in [4.78, 5) is 25.4. The van der Waals surface area contributed by atoms with Crippen molar-refractivity contribution >= 4 is 11.8 Å². The van der Waals surface area contributed by atoms with Crippen LogP contribution >= 0.6 is 0 Å². The monoisotopic (exact) mass is 265 g/mol. The van der Waals surface area contributed by atoms with Crippen molar-refractivity contribution in [1.82, 2.24) is 15.5 Å². The number of piperazine rings is 1. The van der Waals surface area contributed by atoms with Gasteiger partial charge in [-0.05, 0) is 26.0 Å². The van der Waals surface area contributed by atoms with Gasteiger partial charge in [-0.15, -0.1) is 0 Å². The first-order chi connectivity index (χ1) is 9.08. The van der Waals surface area contributed by atoms with E-state index in [1.807, 2.05) is 13.0 Å². The zero-order chi connectivity index (χ0) is 13.8. The van der Waals surface area contributed by atoms with E-state index < -0.39 is 11.8 Å². The SMILES string of the molecule is Cc1ccc(C(C)NC(=O)C(=O)N2CCNCC2)o1. The molecule has 19 heavy (non-hydrogen) atoms. The van der Waals surface area contributed by atoms with Gasteiger partial charge in [-0.3, -0.25) is 9.59 Å². The summed E-state index contributed by atoms with van der Waals surface area (Å²) in [6.07, 6.45) is 0. The van der Waals surface area contributed by atoms with Crippen molar-refractivity contribution in [2.75, 3.05) is 26.2 Å². The predicted octanol–water partition coefficient (Wildman–Crippen LogP) is 0.197. The van der Waals surface area contributed by atoms with Gasteiger partial charge in [0.1, 0.15) is 11.5 Å². The van der Waals surface area contributed by atoms with E-state index in [1.165, 1.54) is 0 Å². The lowest BCUT2D eigenvalue weighted by Crippen LogP contribution is -2.51. The molecule has 1 aromatic heterocycles. The van der Waals surface area contributed by atoms with Gasteiger partial charge in [0.2, 0.25) is 0 Å². The molecule has 2 amide bonds. The lowest BCUT2D eigenvalue weighted by molar-refractivity contribution is -0.146. The van der Waals surface area contributed by atoms with Gasteiger partial charge >= 0.3 is 11.8 Å². The van der Waals surface area contributed by atoms with Crippen LogP contribution in [0.2, 0.25) is 0 Å². The first kappa shape index (κ1) is 13.6. The minimum absolute atomic E-state index is 0.312. The molecule has 0 aliphatic carbocycles. The minimum atomic E-state index is -0.580. The fourth-order valence-electron chi connectivity index (χ4n) is 2.03. The molecule has 1 aliphatic rings. The molecule has 6 heteroatoms. The normalized spacial score (nSPS) is 17.1. The number of carbonyl (C=O) groups is 2. The molecule has 0 bridgehead atoms. The number of aryl methyl sites for hydroxylation is 1. The number of nitrogens with zero attached hydrogens (tertiary/aromatic N) is 1. The number of hydrogen-bond acceptors (Lipinski definition) is 4. The molecule has 1 atom stereocenters. The number of amides is 2. The Morgan fingerprint density at radius 2 is 2.05 bits per heavy atom. The Morgan fingerprint density at radius 1 is 1.37 bits per heavy atom. The molecule has 1 saturated heterocycles. The van der Waals surface area contributed by atoms with Crippen LogP contribution in [0.1, 0.15) is 24.5 Å². The molecule has 0 saturated carbocycles. The summed E-state index contributed by atoms with van der Waals surface area (Å²) in [6, 6.07) is 3.32. The predicted molar refractivity (Wildman–Crippen MR) is 69.5 cm³/mol. The summed E-state index contributed by atoms with van der Waals surface area (Å²) in [5.41, 5.74) is 0. The Hall–Kier alpha value is -1.82. The molecule has 1 unspecified atom stereocenters. The standard InChI is InChI=1S/C13H19N3O3/c1-9-3-4-11(19-9)10(2)15-12(17)13(18)16-7-5-14-6-8-16/h3-4,10,14H,5-8H2,1-2H3,(H,15,17). The summed E-state index contributed by atoms with van der Waals surface area (Å²) in [7, 11) is 0. The average molecular weight is 265 g/mol. The van der Waals surface area contributed by atoms with E-state index in [2.05, 4.69) is 10.6 Å². The molecular weight excluding hydrogens is 246 g/mol. The summed E-state index contributed by atoms with van der Waals surface area (Å²) >= 11 is 0. The molecule has 2 heterocycles. The molecular formula is C13H19N3O3. The van der Waals surface area contributed by atoms with Crippen LogP contribution in [-0.2, 0) is 9.59 Å². The van der Waals surface area contributed by atoms with Crippen LogP contribution in [0.4, 0.5) is 0 Å². The Labute approximate surface area is 112 Å². The maximum absolute atomic E-state index is 11.9. The van der Waals surface area contributed by atoms with Gasteiger partial charge in [-0.2, -0.15) is 0 Å². The zero-order valence-corrected chi connectivity index (χ0v) is 11.2. The molecule has 104 valence electrons. The Bertz CT molecular complexity index is 463. The van der Waals surface area contributed by atoms with Crippen molar-refractivity contribution in [2.24, 2.45) is 0 Å². The van der Waals surface area contributed by atoms with Gasteiger partial charge in [-0.1, -0.05) is 0 Å². The van der Waals surface area contributed by atoms with Crippen LogP contribution in [0.25, 0.3) is 0 Å². The van der Waals surface area contributed by atoms with Gasteiger partial charge in [0.05, 0.1) is 6.04 Å². The van der Waals surface area contributed by atoms with Crippen molar-refractivity contribution in [3.8, 4) is 0 Å². The van der Waals surface area contributed by atoms with E-state index in [-0.39, 0.29) is 6.04 Å². The van der Waals surface area contributed by atoms with E-state index in [0.29, 0.717) is 18.8 Å². The van der Waals surface area contributed by atoms with Gasteiger partial charge in [0, 0.05) is 26.2 Å². The van der Waals surface area contributed by atoms with E-state index in [9.17, 15) is 9.59 Å². The van der Waals surface area contributed by atoms with Crippen LogP contribution in [0.5, 0.6) is 0 Å². The minimum Gasteiger partial charge on any atom is -0.464 e. The highest BCUT2D eigenvalue weighted by Crippen LogP contribution is 2.15. The Kier molecular flexibility index (Phi) is 4.21. The van der Waals surface area contributed by atoms with Crippen molar-refractivity contribution in [1.29, 1.82) is 0 Å². The highest BCUT2D eigenvalue weighted by Gasteiger charge is 2.25. The van der Waals surface area contributed by atoms with Crippen LogP contribution in [0.3, 0.4) is 0 Å². The molecule has 1 aliphatic heterocycles. The third-order valence-electron chi connectivity index (χ3n) is 3.13. The summed E-state index contributed by atoms with van der Waals surface area (Å²) in [5.74, 6) is 0.378. The number of hydrogen-bond donors (Lipinski definition) is 2. The van der Waals surface area contributed by atoms with Crippen LogP contribution in [-0.4, -0.2) is 42.9 Å². The van der Waals surface area contributed by atoms with Gasteiger partial charge in [-0.25, -0.2) is 0 Å². The van der Waals surface area contributed by atoms with Crippen molar-refractivity contribution in [3.63, 3.8) is 0 Å². The first-order valence-electron chi connectivity index (χ1n) is 6.45. The Balaban J connectivity index is 1.91. The summed E-state index contributed by atoms with van der Waals surface area (Å²) in [5, 5.41) is 5.80. The number of furan rings is 1. The smallest absolute Gasteiger partial charge is 0.311 e. The van der Waals surface area contributed by atoms with Crippen molar-refractivity contribution in [2.45, 2.75) is 19.9 Å². The highest BCUT2D eigenvalue weighted by molar-refractivity contribution is 6.35. The van der Waals surface area contributed by atoms with Crippen LogP contribution in [0.15, 0.2) is 16.5 Å². The molecule has 1 aromatic rings. The van der Waals surface area contributed by atoms with E-state index in [1.54, 1.807) is 17.9 Å². The second-order valence-electron chi connectivity index (χ2n) is 4.69. The van der Waals surface area contributed by atoms with Crippen LogP contribution < -0.4 is 10.6 Å². The largest absolute Gasteiger partial charge is 0.464 e. The number of carbonyl (C=O) groups excluding carboxylic acids is 2. The fourth-order valence-corrected chi connectivity index (χ4v) is 2.03. The van der Waals surface area contributed by atoms with E-state index in [0.717, 1.165) is 18.8 Å². The van der Waals surface area contributed by atoms with Gasteiger partial charge in [0.15, 0.2) is 0 Å². The average Bonchev–Trinajstić information content (AvgIpc) is 2.85. The van der Waals surface area contributed by atoms with Crippen molar-refractivity contribution in [3.05, 3.63) is 23.7 Å². The number of nitrogens with one attached hydrogen (secondary N) is 2. The Morgan fingerprint density at radius 3 is 2.63 bits per heavy atom. The van der Waals surface area contributed by atoms with E-state index >= 15 is 0 Å². The molecule has 1 fully saturated rings. The fraction of sp³-hybridized carbons (Fsp3) is 0.538. The molecule has 2 rings (SSSR count). The molecule has 0 radical (unpaired) electrons. The number of rotatable bonds is 2.